The fourth-order valence-electron chi connectivity index (χ4n) is 2.99. The van der Waals surface area contributed by atoms with Crippen molar-refractivity contribution in [1.29, 1.82) is 0 Å². The van der Waals surface area contributed by atoms with E-state index in [-0.39, 0.29) is 6.42 Å². The first-order chi connectivity index (χ1) is 10.4. The zero-order valence-corrected chi connectivity index (χ0v) is 12.9. The van der Waals surface area contributed by atoms with Crippen LogP contribution in [-0.4, -0.2) is 63.2 Å². The van der Waals surface area contributed by atoms with Gasteiger partial charge < -0.3 is 24.4 Å². The van der Waals surface area contributed by atoms with Crippen LogP contribution < -0.4 is 0 Å². The number of aliphatic hydroxyl groups excluding tert-OH is 2. The summed E-state index contributed by atoms with van der Waals surface area (Å²) in [6, 6.07) is 0. The van der Waals surface area contributed by atoms with Crippen LogP contribution in [0.1, 0.15) is 6.42 Å². The van der Waals surface area contributed by atoms with E-state index in [9.17, 15) is 19.8 Å². The largest absolute Gasteiger partial charge is 0.469 e. The number of esters is 2. The molecule has 0 spiro atoms. The summed E-state index contributed by atoms with van der Waals surface area (Å²) in [5.41, 5.74) is 0. The van der Waals surface area contributed by atoms with Crippen LogP contribution in [0.5, 0.6) is 0 Å². The second kappa shape index (κ2) is 8.39. The second-order valence-corrected chi connectivity index (χ2v) is 4.94. The first kappa shape index (κ1) is 18.8. The lowest BCUT2D eigenvalue weighted by Gasteiger charge is -2.25. The third-order valence-corrected chi connectivity index (χ3v) is 3.97. The number of hydrogen-bond donors (Lipinski definition) is 2. The average molecular weight is 322 g/mol. The van der Waals surface area contributed by atoms with E-state index in [0.29, 0.717) is 0 Å². The summed E-state index contributed by atoms with van der Waals surface area (Å²) in [7, 11) is 4.80. The molecule has 6 unspecified atom stereocenters. The van der Waals surface area contributed by atoms with Gasteiger partial charge in [-0.25, -0.2) is 9.78 Å². The van der Waals surface area contributed by atoms with Gasteiger partial charge in [-0.3, -0.25) is 9.59 Å². The summed E-state index contributed by atoms with van der Waals surface area (Å²) >= 11 is 0. The molecule has 0 radical (unpaired) electrons. The van der Waals surface area contributed by atoms with Crippen LogP contribution in [0.3, 0.4) is 0 Å². The van der Waals surface area contributed by atoms with Gasteiger partial charge in [-0.2, -0.15) is 0 Å². The van der Waals surface area contributed by atoms with E-state index in [1.807, 2.05) is 0 Å². The normalized spacial score (nSPS) is 30.6. The number of carbonyl (C=O) groups excluding carboxylic acids is 2. The molecule has 1 rings (SSSR count). The average Bonchev–Trinajstić information content (AvgIpc) is 2.93. The van der Waals surface area contributed by atoms with E-state index >= 15 is 0 Å². The Kier molecular flexibility index (Phi) is 7.17. The van der Waals surface area contributed by atoms with Gasteiger partial charge >= 0.3 is 11.9 Å². The maximum atomic E-state index is 12.1. The van der Waals surface area contributed by atoms with Gasteiger partial charge in [0.1, 0.15) is 0 Å². The first-order valence-electron chi connectivity index (χ1n) is 6.66. The van der Waals surface area contributed by atoms with Crippen LogP contribution in [0.2, 0.25) is 0 Å². The topological polar surface area (TPSA) is 121 Å². The molecule has 6 atom stereocenters. The van der Waals surface area contributed by atoms with Gasteiger partial charge in [-0.15, -0.1) is 0 Å². The third kappa shape index (κ3) is 3.73. The van der Waals surface area contributed by atoms with Crippen LogP contribution in [0.4, 0.5) is 0 Å². The molecular formula is C13H22O9. The number of carbonyl (C=O) groups is 2. The molecule has 0 aromatic rings. The lowest BCUT2D eigenvalue weighted by Crippen LogP contribution is -2.39. The lowest BCUT2D eigenvalue weighted by molar-refractivity contribution is -0.368. The summed E-state index contributed by atoms with van der Waals surface area (Å²) in [6.45, 7) is 0. The van der Waals surface area contributed by atoms with Crippen LogP contribution in [0.25, 0.3) is 0 Å². The molecular weight excluding hydrogens is 300 g/mol. The van der Waals surface area contributed by atoms with Gasteiger partial charge in [0.25, 0.3) is 0 Å². The van der Waals surface area contributed by atoms with E-state index in [4.69, 9.17) is 14.2 Å². The molecule has 0 saturated heterocycles. The highest BCUT2D eigenvalue weighted by molar-refractivity contribution is 5.83. The monoisotopic (exact) mass is 322 g/mol. The Morgan fingerprint density at radius 3 is 1.73 bits per heavy atom. The van der Waals surface area contributed by atoms with Crippen LogP contribution in [-0.2, 0) is 33.6 Å². The standard InChI is InChI=1S/C13H22O9/c1-18-10(14)6-5-7(11(15)22-21-4)9(13(17)20-3)8(6)12(16)19-2/h6-11,14-15H,5H2,1-4H3. The fourth-order valence-corrected chi connectivity index (χ4v) is 2.99. The zero-order chi connectivity index (χ0) is 16.9. The van der Waals surface area contributed by atoms with Gasteiger partial charge in [0.2, 0.25) is 0 Å². The Bertz CT molecular complexity index is 386. The van der Waals surface area contributed by atoms with E-state index in [0.717, 1.165) is 7.11 Å². The van der Waals surface area contributed by atoms with E-state index in [1.54, 1.807) is 0 Å². The molecule has 1 fully saturated rings. The van der Waals surface area contributed by atoms with Crippen molar-refractivity contribution in [1.82, 2.24) is 0 Å². The molecule has 22 heavy (non-hydrogen) atoms. The Balaban J connectivity index is 3.17. The molecule has 9 heteroatoms. The van der Waals surface area contributed by atoms with Gasteiger partial charge in [-0.05, 0) is 6.42 Å². The first-order valence-corrected chi connectivity index (χ1v) is 6.66. The van der Waals surface area contributed by atoms with Crippen molar-refractivity contribution in [3.05, 3.63) is 0 Å². The molecule has 1 aliphatic carbocycles. The van der Waals surface area contributed by atoms with Crippen molar-refractivity contribution in [2.45, 2.75) is 19.0 Å². The highest BCUT2D eigenvalue weighted by Crippen LogP contribution is 2.46. The van der Waals surface area contributed by atoms with Crippen LogP contribution in [0, 0.1) is 23.7 Å². The van der Waals surface area contributed by atoms with Crippen LogP contribution in [0.15, 0.2) is 0 Å². The third-order valence-electron chi connectivity index (χ3n) is 3.97. The fraction of sp³-hybridized carbons (Fsp3) is 0.846. The molecule has 0 aliphatic heterocycles. The van der Waals surface area contributed by atoms with Crippen molar-refractivity contribution >= 4 is 11.9 Å². The van der Waals surface area contributed by atoms with Crippen LogP contribution >= 0.6 is 0 Å². The number of aliphatic hydroxyl groups is 2. The Morgan fingerprint density at radius 2 is 1.36 bits per heavy atom. The molecule has 1 saturated carbocycles. The molecule has 9 nitrogen and oxygen atoms in total. The Labute approximate surface area is 128 Å². The molecule has 0 aromatic carbocycles. The highest BCUT2D eigenvalue weighted by Gasteiger charge is 2.56. The number of hydrogen-bond acceptors (Lipinski definition) is 9. The van der Waals surface area contributed by atoms with Gasteiger partial charge in [0.15, 0.2) is 12.6 Å². The van der Waals surface area contributed by atoms with Crippen molar-refractivity contribution < 1.29 is 43.8 Å². The Hall–Kier alpha value is -1.26. The number of rotatable bonds is 7. The van der Waals surface area contributed by atoms with Crippen molar-refractivity contribution in [2.75, 3.05) is 28.4 Å². The molecule has 0 heterocycles. The summed E-state index contributed by atoms with van der Waals surface area (Å²) in [6.07, 6.45) is -2.70. The zero-order valence-electron chi connectivity index (χ0n) is 12.9. The summed E-state index contributed by atoms with van der Waals surface area (Å²) in [5.74, 6) is -5.11. The minimum absolute atomic E-state index is 0.0824. The SMILES string of the molecule is COOC(O)C1CC(C(O)OC)C(C(=O)OC)C1C(=O)OC. The molecule has 1 aliphatic rings. The predicted molar refractivity (Wildman–Crippen MR) is 69.7 cm³/mol. The van der Waals surface area contributed by atoms with Gasteiger partial charge in [-0.1, -0.05) is 0 Å². The lowest BCUT2D eigenvalue weighted by atomic mass is 9.86. The summed E-state index contributed by atoms with van der Waals surface area (Å²) < 4.78 is 14.3. The van der Waals surface area contributed by atoms with E-state index in [2.05, 4.69) is 9.78 Å². The van der Waals surface area contributed by atoms with Crippen molar-refractivity contribution in [3.8, 4) is 0 Å². The summed E-state index contributed by atoms with van der Waals surface area (Å²) in [4.78, 5) is 33.2. The Morgan fingerprint density at radius 1 is 0.909 bits per heavy atom. The smallest absolute Gasteiger partial charge is 0.310 e. The molecule has 0 bridgehead atoms. The number of methoxy groups -OCH3 is 3. The maximum Gasteiger partial charge on any atom is 0.310 e. The predicted octanol–water partition coefficient (Wildman–Crippen LogP) is -0.938. The van der Waals surface area contributed by atoms with Crippen molar-refractivity contribution in [2.24, 2.45) is 23.7 Å². The van der Waals surface area contributed by atoms with E-state index < -0.39 is 48.2 Å². The molecule has 2 N–H and O–H groups in total. The van der Waals surface area contributed by atoms with Crippen molar-refractivity contribution in [3.63, 3.8) is 0 Å². The quantitative estimate of drug-likeness (QED) is 0.265. The molecule has 128 valence electrons. The highest BCUT2D eigenvalue weighted by atomic mass is 17.2. The maximum absolute atomic E-state index is 12.1. The minimum atomic E-state index is -1.48. The summed E-state index contributed by atoms with van der Waals surface area (Å²) in [5, 5.41) is 19.9. The van der Waals surface area contributed by atoms with E-state index in [1.165, 1.54) is 21.3 Å². The van der Waals surface area contributed by atoms with Gasteiger partial charge in [0, 0.05) is 18.9 Å². The minimum Gasteiger partial charge on any atom is -0.469 e. The number of ether oxygens (including phenoxy) is 3. The second-order valence-electron chi connectivity index (χ2n) is 4.94. The van der Waals surface area contributed by atoms with Gasteiger partial charge in [0.05, 0.1) is 33.2 Å². The molecule has 0 aromatic heterocycles. The molecule has 0 amide bonds.